The SMILES string of the molecule is CSc1ccc(C2Cc3cc(C(F)(F)F)ccc3N2)cc1. The topological polar surface area (TPSA) is 12.0 Å². The number of hydrogen-bond acceptors (Lipinski definition) is 2. The Kier molecular flexibility index (Phi) is 3.61. The van der Waals surface area contributed by atoms with Crippen molar-refractivity contribution in [3.63, 3.8) is 0 Å². The van der Waals surface area contributed by atoms with Crippen molar-refractivity contribution in [3.8, 4) is 0 Å². The second kappa shape index (κ2) is 5.30. The summed E-state index contributed by atoms with van der Waals surface area (Å²) in [6.07, 6.45) is -1.69. The van der Waals surface area contributed by atoms with Crippen molar-refractivity contribution in [2.45, 2.75) is 23.5 Å². The largest absolute Gasteiger partial charge is 0.416 e. The number of benzene rings is 2. The first-order valence-corrected chi connectivity index (χ1v) is 7.80. The van der Waals surface area contributed by atoms with Crippen LogP contribution in [0.2, 0.25) is 0 Å². The normalized spacial score (nSPS) is 17.4. The first-order chi connectivity index (χ1) is 9.97. The maximum atomic E-state index is 12.7. The van der Waals surface area contributed by atoms with Gasteiger partial charge in [0.1, 0.15) is 0 Å². The quantitative estimate of drug-likeness (QED) is 0.771. The van der Waals surface area contributed by atoms with E-state index in [1.807, 2.05) is 30.5 Å². The van der Waals surface area contributed by atoms with Gasteiger partial charge in [-0.3, -0.25) is 0 Å². The standard InChI is InChI=1S/C16H14F3NS/c1-21-13-5-2-10(3-6-13)15-9-11-8-12(16(17,18)19)4-7-14(11)20-15/h2-8,15,20H,9H2,1H3. The van der Waals surface area contributed by atoms with E-state index in [0.29, 0.717) is 6.42 Å². The Balaban J connectivity index is 1.83. The zero-order chi connectivity index (χ0) is 15.0. The van der Waals surface area contributed by atoms with E-state index in [1.165, 1.54) is 17.0 Å². The molecule has 21 heavy (non-hydrogen) atoms. The molecule has 1 aliphatic heterocycles. The van der Waals surface area contributed by atoms with Crippen LogP contribution in [-0.2, 0) is 12.6 Å². The molecule has 0 radical (unpaired) electrons. The molecule has 0 saturated carbocycles. The third kappa shape index (κ3) is 2.88. The molecule has 1 unspecified atom stereocenters. The second-order valence-corrected chi connectivity index (χ2v) is 5.92. The molecule has 1 nitrogen and oxygen atoms in total. The number of hydrogen-bond donors (Lipinski definition) is 1. The van der Waals surface area contributed by atoms with Crippen LogP contribution in [0.15, 0.2) is 47.4 Å². The molecule has 1 heterocycles. The minimum Gasteiger partial charge on any atom is -0.378 e. The van der Waals surface area contributed by atoms with Crippen LogP contribution in [0.4, 0.5) is 18.9 Å². The van der Waals surface area contributed by atoms with Gasteiger partial charge in [-0.25, -0.2) is 0 Å². The predicted octanol–water partition coefficient (Wildman–Crippen LogP) is 5.14. The summed E-state index contributed by atoms with van der Waals surface area (Å²) in [5.41, 5.74) is 2.03. The summed E-state index contributed by atoms with van der Waals surface area (Å²) in [7, 11) is 0. The van der Waals surface area contributed by atoms with Gasteiger partial charge in [-0.1, -0.05) is 12.1 Å². The van der Waals surface area contributed by atoms with Gasteiger partial charge < -0.3 is 5.32 Å². The molecule has 1 N–H and O–H groups in total. The van der Waals surface area contributed by atoms with Crippen LogP contribution in [0.3, 0.4) is 0 Å². The van der Waals surface area contributed by atoms with E-state index >= 15 is 0 Å². The molecule has 0 amide bonds. The smallest absolute Gasteiger partial charge is 0.378 e. The molecule has 3 rings (SSSR count). The lowest BCUT2D eigenvalue weighted by Crippen LogP contribution is -2.05. The number of rotatable bonds is 2. The zero-order valence-corrected chi connectivity index (χ0v) is 12.2. The minimum absolute atomic E-state index is 0.0411. The van der Waals surface area contributed by atoms with Crippen LogP contribution in [0.25, 0.3) is 0 Å². The third-order valence-electron chi connectivity index (χ3n) is 3.70. The number of fused-ring (bicyclic) bond motifs is 1. The van der Waals surface area contributed by atoms with E-state index in [-0.39, 0.29) is 6.04 Å². The Hall–Kier alpha value is -1.62. The summed E-state index contributed by atoms with van der Waals surface area (Å²) in [4.78, 5) is 1.17. The molecule has 1 aliphatic rings. The Labute approximate surface area is 125 Å². The molecule has 0 aliphatic carbocycles. The Morgan fingerprint density at radius 1 is 1.10 bits per heavy atom. The number of halogens is 3. The van der Waals surface area contributed by atoms with Crippen molar-refractivity contribution in [3.05, 3.63) is 59.2 Å². The van der Waals surface area contributed by atoms with E-state index in [4.69, 9.17) is 0 Å². The van der Waals surface area contributed by atoms with E-state index in [1.54, 1.807) is 11.8 Å². The molecule has 5 heteroatoms. The Morgan fingerprint density at radius 2 is 1.81 bits per heavy atom. The molecule has 110 valence electrons. The monoisotopic (exact) mass is 309 g/mol. The van der Waals surface area contributed by atoms with Gasteiger partial charge in [0, 0.05) is 10.6 Å². The van der Waals surface area contributed by atoms with Gasteiger partial charge in [0.25, 0.3) is 0 Å². The lowest BCUT2D eigenvalue weighted by molar-refractivity contribution is -0.137. The van der Waals surface area contributed by atoms with Crippen molar-refractivity contribution < 1.29 is 13.2 Å². The second-order valence-electron chi connectivity index (χ2n) is 5.04. The van der Waals surface area contributed by atoms with Crippen LogP contribution >= 0.6 is 11.8 Å². The summed E-state index contributed by atoms with van der Waals surface area (Å²) in [5.74, 6) is 0. The fraction of sp³-hybridized carbons (Fsp3) is 0.250. The van der Waals surface area contributed by atoms with E-state index in [9.17, 15) is 13.2 Å². The van der Waals surface area contributed by atoms with Crippen LogP contribution in [0, 0.1) is 0 Å². The molecule has 0 spiro atoms. The maximum absolute atomic E-state index is 12.7. The van der Waals surface area contributed by atoms with Crippen molar-refractivity contribution in [2.24, 2.45) is 0 Å². The predicted molar refractivity (Wildman–Crippen MR) is 79.7 cm³/mol. The van der Waals surface area contributed by atoms with E-state index < -0.39 is 11.7 Å². The highest BCUT2D eigenvalue weighted by molar-refractivity contribution is 7.98. The van der Waals surface area contributed by atoms with E-state index in [0.717, 1.165) is 22.9 Å². The van der Waals surface area contributed by atoms with Crippen LogP contribution in [0.5, 0.6) is 0 Å². The maximum Gasteiger partial charge on any atom is 0.416 e. The highest BCUT2D eigenvalue weighted by Crippen LogP contribution is 2.38. The first kappa shape index (κ1) is 14.3. The number of anilines is 1. The van der Waals surface area contributed by atoms with E-state index in [2.05, 4.69) is 5.32 Å². The highest BCUT2D eigenvalue weighted by Gasteiger charge is 2.32. The first-order valence-electron chi connectivity index (χ1n) is 6.58. The van der Waals surface area contributed by atoms with Crippen LogP contribution < -0.4 is 5.32 Å². The molecular formula is C16H14F3NS. The van der Waals surface area contributed by atoms with Crippen molar-refractivity contribution >= 4 is 17.4 Å². The van der Waals surface area contributed by atoms with Crippen LogP contribution in [-0.4, -0.2) is 6.26 Å². The average molecular weight is 309 g/mol. The summed E-state index contributed by atoms with van der Waals surface area (Å²) >= 11 is 1.67. The van der Waals surface area contributed by atoms with Crippen molar-refractivity contribution in [1.29, 1.82) is 0 Å². The molecule has 0 bridgehead atoms. The average Bonchev–Trinajstić information content (AvgIpc) is 2.89. The molecule has 2 aromatic rings. The number of nitrogens with one attached hydrogen (secondary N) is 1. The fourth-order valence-corrected chi connectivity index (χ4v) is 2.98. The molecule has 0 saturated heterocycles. The van der Waals surface area contributed by atoms with Crippen molar-refractivity contribution in [2.75, 3.05) is 11.6 Å². The van der Waals surface area contributed by atoms with Gasteiger partial charge in [-0.05, 0) is 54.1 Å². The van der Waals surface area contributed by atoms with Gasteiger partial charge in [-0.15, -0.1) is 11.8 Å². The third-order valence-corrected chi connectivity index (χ3v) is 4.45. The molecule has 0 fully saturated rings. The molecule has 2 aromatic carbocycles. The summed E-state index contributed by atoms with van der Waals surface area (Å²) in [5, 5.41) is 3.29. The number of thioether (sulfide) groups is 1. The zero-order valence-electron chi connectivity index (χ0n) is 11.4. The molecule has 0 aromatic heterocycles. The summed E-state index contributed by atoms with van der Waals surface area (Å²) < 4.78 is 38.2. The lowest BCUT2D eigenvalue weighted by atomic mass is 10.0. The van der Waals surface area contributed by atoms with Gasteiger partial charge in [-0.2, -0.15) is 13.2 Å². The summed E-state index contributed by atoms with van der Waals surface area (Å²) in [6.45, 7) is 0. The van der Waals surface area contributed by atoms with Gasteiger partial charge >= 0.3 is 6.18 Å². The van der Waals surface area contributed by atoms with Gasteiger partial charge in [0.05, 0.1) is 11.6 Å². The Bertz CT molecular complexity index is 650. The van der Waals surface area contributed by atoms with Crippen LogP contribution in [0.1, 0.15) is 22.7 Å². The lowest BCUT2D eigenvalue weighted by Gasteiger charge is -2.12. The van der Waals surface area contributed by atoms with Crippen molar-refractivity contribution in [1.82, 2.24) is 0 Å². The van der Waals surface area contributed by atoms with Gasteiger partial charge in [0.2, 0.25) is 0 Å². The highest BCUT2D eigenvalue weighted by atomic mass is 32.2. The van der Waals surface area contributed by atoms with Gasteiger partial charge in [0.15, 0.2) is 0 Å². The molecule has 1 atom stereocenters. The Morgan fingerprint density at radius 3 is 2.43 bits per heavy atom. The number of alkyl halides is 3. The molecular weight excluding hydrogens is 295 g/mol. The minimum atomic E-state index is -4.28. The summed E-state index contributed by atoms with van der Waals surface area (Å²) in [6, 6.07) is 12.1. The fourth-order valence-electron chi connectivity index (χ4n) is 2.58.